The van der Waals surface area contributed by atoms with E-state index in [4.69, 9.17) is 0 Å². The van der Waals surface area contributed by atoms with Crippen molar-refractivity contribution in [2.45, 2.75) is 51.6 Å². The van der Waals surface area contributed by atoms with Gasteiger partial charge in [-0.05, 0) is 83.3 Å². The molecule has 2 unspecified atom stereocenters. The van der Waals surface area contributed by atoms with Gasteiger partial charge in [0.15, 0.2) is 0 Å². The van der Waals surface area contributed by atoms with Crippen LogP contribution in [-0.4, -0.2) is 9.52 Å². The molecule has 4 aromatic carbocycles. The molecule has 182 valence electrons. The second-order valence-corrected chi connectivity index (χ2v) is 12.1. The van der Waals surface area contributed by atoms with E-state index in [2.05, 4.69) is 125 Å². The molecule has 2 radical (unpaired) electrons. The highest BCUT2D eigenvalue weighted by atomic mass is 28.2. The van der Waals surface area contributed by atoms with Gasteiger partial charge in [-0.3, -0.25) is 0 Å². The van der Waals surface area contributed by atoms with Crippen molar-refractivity contribution in [1.29, 1.82) is 0 Å². The molecule has 0 aliphatic heterocycles. The average Bonchev–Trinajstić information content (AvgIpc) is 3.40. The van der Waals surface area contributed by atoms with E-state index >= 15 is 0 Å². The maximum atomic E-state index is 2.46. The fraction of sp³-hybridized carbons (Fsp3) is 0.222. The van der Waals surface area contributed by atoms with Gasteiger partial charge in [-0.25, -0.2) is 0 Å². The molecule has 0 spiro atoms. The summed E-state index contributed by atoms with van der Waals surface area (Å²) in [6.07, 6.45) is 4.93. The van der Waals surface area contributed by atoms with E-state index in [1.165, 1.54) is 78.9 Å². The summed E-state index contributed by atoms with van der Waals surface area (Å²) in [7, 11) is 0.936. The summed E-state index contributed by atoms with van der Waals surface area (Å²) < 4.78 is 0. The van der Waals surface area contributed by atoms with E-state index in [0.717, 1.165) is 9.52 Å². The minimum Gasteiger partial charge on any atom is -0.0655 e. The van der Waals surface area contributed by atoms with Gasteiger partial charge in [0.1, 0.15) is 0 Å². The molecule has 2 aliphatic rings. The van der Waals surface area contributed by atoms with Gasteiger partial charge < -0.3 is 0 Å². The first-order chi connectivity index (χ1) is 18.0. The van der Waals surface area contributed by atoms with Gasteiger partial charge in [0.25, 0.3) is 0 Å². The van der Waals surface area contributed by atoms with Crippen LogP contribution in [0.5, 0.6) is 0 Å². The monoisotopic (exact) mass is 494 g/mol. The summed E-state index contributed by atoms with van der Waals surface area (Å²) in [4.78, 5) is 0. The van der Waals surface area contributed by atoms with Crippen LogP contribution < -0.4 is 0 Å². The van der Waals surface area contributed by atoms with Gasteiger partial charge >= 0.3 is 0 Å². The Morgan fingerprint density at radius 3 is 1.32 bits per heavy atom. The molecule has 0 saturated carbocycles. The molecule has 2 atom stereocenters. The van der Waals surface area contributed by atoms with Crippen molar-refractivity contribution in [1.82, 2.24) is 0 Å². The van der Waals surface area contributed by atoms with Crippen molar-refractivity contribution in [2.75, 3.05) is 0 Å². The van der Waals surface area contributed by atoms with Gasteiger partial charge in [-0.2, -0.15) is 0 Å². The van der Waals surface area contributed by atoms with Gasteiger partial charge in [-0.15, -0.1) is 0 Å². The summed E-state index contributed by atoms with van der Waals surface area (Å²) in [6, 6.07) is 33.7. The number of hydrogen-bond donors (Lipinski definition) is 0. The fourth-order valence-electron chi connectivity index (χ4n) is 6.44. The quantitative estimate of drug-likeness (QED) is 0.234. The predicted molar refractivity (Wildman–Crippen MR) is 161 cm³/mol. The van der Waals surface area contributed by atoms with Crippen molar-refractivity contribution < 1.29 is 0 Å². The van der Waals surface area contributed by atoms with Crippen LogP contribution in [0.2, 0.25) is 12.1 Å². The van der Waals surface area contributed by atoms with Crippen LogP contribution in [0.4, 0.5) is 0 Å². The Kier molecular flexibility index (Phi) is 6.34. The first-order valence-corrected chi connectivity index (χ1v) is 14.9. The van der Waals surface area contributed by atoms with Crippen molar-refractivity contribution in [3.8, 4) is 22.3 Å². The number of fused-ring (bicyclic) bond motifs is 2. The topological polar surface area (TPSA) is 0 Å². The van der Waals surface area contributed by atoms with Gasteiger partial charge in [0.2, 0.25) is 0 Å². The molecule has 2 aliphatic carbocycles. The maximum absolute atomic E-state index is 2.46. The number of aryl methyl sites for hydroxylation is 2. The van der Waals surface area contributed by atoms with Crippen LogP contribution >= 0.6 is 0 Å². The highest BCUT2D eigenvalue weighted by Crippen LogP contribution is 2.47. The predicted octanol–water partition coefficient (Wildman–Crippen LogP) is 9.88. The van der Waals surface area contributed by atoms with Crippen LogP contribution in [0.25, 0.3) is 34.4 Å². The van der Waals surface area contributed by atoms with Crippen LogP contribution in [-0.2, 0) is 0 Å². The first-order valence-electron chi connectivity index (χ1n) is 13.5. The van der Waals surface area contributed by atoms with Crippen LogP contribution in [0.3, 0.4) is 0 Å². The lowest BCUT2D eigenvalue weighted by atomic mass is 9.90. The van der Waals surface area contributed by atoms with Gasteiger partial charge in [0.05, 0.1) is 0 Å². The van der Waals surface area contributed by atoms with Crippen molar-refractivity contribution >= 4 is 21.7 Å². The Labute approximate surface area is 224 Å². The zero-order chi connectivity index (χ0) is 25.5. The highest BCUT2D eigenvalue weighted by Gasteiger charge is 2.28. The van der Waals surface area contributed by atoms with E-state index in [0.29, 0.717) is 11.8 Å². The molecule has 37 heavy (non-hydrogen) atoms. The molecular formula is C36H34Si. The minimum atomic E-state index is 0.541. The Balaban J connectivity index is 1.23. The molecule has 0 N–H and O–H groups in total. The number of hydrogen-bond acceptors (Lipinski definition) is 0. The lowest BCUT2D eigenvalue weighted by Gasteiger charge is -2.20. The summed E-state index contributed by atoms with van der Waals surface area (Å²) >= 11 is 0. The van der Waals surface area contributed by atoms with Crippen molar-refractivity contribution in [3.63, 3.8) is 0 Å². The molecule has 0 heterocycles. The normalized spacial score (nSPS) is 17.8. The number of allylic oxidation sites excluding steroid dienone is 2. The molecule has 0 saturated heterocycles. The smallest absolute Gasteiger partial charge is 0.0397 e. The third-order valence-electron chi connectivity index (χ3n) is 8.39. The van der Waals surface area contributed by atoms with E-state index < -0.39 is 0 Å². The standard InChI is InChI=1S/C36H34Si/c1-23-15-17-29-31(35(23)27-11-7-5-8-12-27)19-25(3)33(29)21-37-22-34-26(4)20-32-30(34)18-16-24(2)36(32)28-13-9-6-10-14-28/h5-20,33-34H,21-22H2,1-4H3. The molecule has 0 fully saturated rings. The Bertz CT molecular complexity index is 1410. The summed E-state index contributed by atoms with van der Waals surface area (Å²) in [6.45, 7) is 9.17. The Morgan fingerprint density at radius 2 is 0.919 bits per heavy atom. The lowest BCUT2D eigenvalue weighted by molar-refractivity contribution is 0.875. The number of rotatable bonds is 6. The first kappa shape index (κ1) is 23.9. The molecule has 0 aromatic heterocycles. The van der Waals surface area contributed by atoms with Crippen molar-refractivity contribution in [3.05, 3.63) is 129 Å². The molecule has 6 rings (SSSR count). The zero-order valence-electron chi connectivity index (χ0n) is 22.3. The summed E-state index contributed by atoms with van der Waals surface area (Å²) in [5.41, 5.74) is 17.2. The molecule has 0 bridgehead atoms. The largest absolute Gasteiger partial charge is 0.0655 e. The Hall–Kier alpha value is -3.42. The van der Waals surface area contributed by atoms with Crippen LogP contribution in [0, 0.1) is 13.8 Å². The third kappa shape index (κ3) is 4.26. The van der Waals surface area contributed by atoms with E-state index in [9.17, 15) is 0 Å². The summed E-state index contributed by atoms with van der Waals surface area (Å²) in [5, 5.41) is 0. The molecule has 4 aromatic rings. The van der Waals surface area contributed by atoms with Crippen molar-refractivity contribution in [2.24, 2.45) is 0 Å². The second kappa shape index (κ2) is 9.80. The van der Waals surface area contributed by atoms with Gasteiger partial charge in [-0.1, -0.05) is 120 Å². The second-order valence-electron chi connectivity index (χ2n) is 10.8. The average molecular weight is 495 g/mol. The third-order valence-corrected chi connectivity index (χ3v) is 9.78. The van der Waals surface area contributed by atoms with Gasteiger partial charge in [0, 0.05) is 21.4 Å². The number of benzene rings is 4. The molecule has 0 amide bonds. The minimum absolute atomic E-state index is 0.541. The summed E-state index contributed by atoms with van der Waals surface area (Å²) in [5.74, 6) is 1.08. The van der Waals surface area contributed by atoms with Crippen LogP contribution in [0.1, 0.15) is 59.1 Å². The fourth-order valence-corrected chi connectivity index (χ4v) is 8.27. The Morgan fingerprint density at radius 1 is 0.514 bits per heavy atom. The molecule has 0 nitrogen and oxygen atoms in total. The van der Waals surface area contributed by atoms with Crippen LogP contribution in [0.15, 0.2) is 96.1 Å². The van der Waals surface area contributed by atoms with E-state index in [-0.39, 0.29) is 0 Å². The SMILES string of the molecule is CC1=Cc2c(ccc(C)c2-c2ccccc2)C1C[Si]CC1C(C)=Cc2c1ccc(C)c2-c1ccccc1. The van der Waals surface area contributed by atoms with E-state index in [1.807, 2.05) is 0 Å². The van der Waals surface area contributed by atoms with E-state index in [1.54, 1.807) is 0 Å². The molecule has 1 heteroatoms. The highest BCUT2D eigenvalue weighted by molar-refractivity contribution is 6.36. The zero-order valence-corrected chi connectivity index (χ0v) is 23.3. The maximum Gasteiger partial charge on any atom is 0.0397 e. The lowest BCUT2D eigenvalue weighted by Crippen LogP contribution is -2.07. The molecular weight excluding hydrogens is 460 g/mol.